The summed E-state index contributed by atoms with van der Waals surface area (Å²) in [5, 5.41) is 15.8. The summed E-state index contributed by atoms with van der Waals surface area (Å²) >= 11 is 0. The molecule has 0 aliphatic rings. The van der Waals surface area contributed by atoms with Crippen LogP contribution in [0.15, 0.2) is 30.5 Å². The highest BCUT2D eigenvalue weighted by molar-refractivity contribution is 5.92. The molecule has 7 heteroatoms. The van der Waals surface area contributed by atoms with E-state index in [1.807, 2.05) is 25.1 Å². The Morgan fingerprint density at radius 1 is 1.19 bits per heavy atom. The molecule has 0 saturated carbocycles. The van der Waals surface area contributed by atoms with Gasteiger partial charge in [0.25, 0.3) is 5.91 Å². The third-order valence-electron chi connectivity index (χ3n) is 4.01. The number of aryl methyl sites for hydroxylation is 1. The second kappa shape index (κ2) is 9.60. The Balaban J connectivity index is 1.85. The molecule has 1 heterocycles. The standard InChI is InChI=1S/C19H25N3O4/c1-14-8-9-17(26-2)16(13-14)22-12-10-15(21-22)19(25)20-11-6-4-3-5-7-18(23)24/h8-10,12-13H,3-7,11H2,1-2H3,(H,20,25)(H,23,24). The SMILES string of the molecule is COc1ccc(C)cc1-n1ccc(C(=O)NCCCCCCC(=O)O)n1. The normalized spacial score (nSPS) is 10.5. The average Bonchev–Trinajstić information content (AvgIpc) is 3.10. The van der Waals surface area contributed by atoms with Gasteiger partial charge >= 0.3 is 5.97 Å². The van der Waals surface area contributed by atoms with Gasteiger partial charge in [0.05, 0.1) is 7.11 Å². The molecule has 2 rings (SSSR count). The van der Waals surface area contributed by atoms with Crippen LogP contribution < -0.4 is 10.1 Å². The van der Waals surface area contributed by atoms with Gasteiger partial charge in [0.2, 0.25) is 0 Å². The minimum atomic E-state index is -0.765. The van der Waals surface area contributed by atoms with E-state index in [2.05, 4.69) is 10.4 Å². The van der Waals surface area contributed by atoms with Crippen LogP contribution in [0.25, 0.3) is 5.69 Å². The van der Waals surface area contributed by atoms with E-state index in [0.717, 1.165) is 30.5 Å². The number of amides is 1. The molecule has 1 aromatic heterocycles. The number of nitrogens with zero attached hydrogens (tertiary/aromatic N) is 2. The Hall–Kier alpha value is -2.83. The average molecular weight is 359 g/mol. The minimum absolute atomic E-state index is 0.201. The molecular weight excluding hydrogens is 334 g/mol. The van der Waals surface area contributed by atoms with Crippen molar-refractivity contribution in [2.24, 2.45) is 0 Å². The quantitative estimate of drug-likeness (QED) is 0.636. The third kappa shape index (κ3) is 5.61. The smallest absolute Gasteiger partial charge is 0.303 e. The molecule has 140 valence electrons. The summed E-state index contributed by atoms with van der Waals surface area (Å²) in [6.45, 7) is 2.53. The number of carbonyl (C=O) groups excluding carboxylic acids is 1. The molecule has 0 radical (unpaired) electrons. The van der Waals surface area contributed by atoms with Crippen molar-refractivity contribution >= 4 is 11.9 Å². The van der Waals surface area contributed by atoms with E-state index in [9.17, 15) is 9.59 Å². The highest BCUT2D eigenvalue weighted by atomic mass is 16.5. The second-order valence-electron chi connectivity index (χ2n) is 6.13. The molecule has 1 aromatic carbocycles. The molecule has 1 amide bonds. The van der Waals surface area contributed by atoms with Crippen LogP contribution in [0.1, 0.15) is 48.2 Å². The number of benzene rings is 1. The van der Waals surface area contributed by atoms with Gasteiger partial charge < -0.3 is 15.2 Å². The zero-order valence-corrected chi connectivity index (χ0v) is 15.2. The fourth-order valence-corrected chi connectivity index (χ4v) is 2.61. The number of nitrogens with one attached hydrogen (secondary N) is 1. The second-order valence-corrected chi connectivity index (χ2v) is 6.13. The number of carboxylic acids is 1. The lowest BCUT2D eigenvalue weighted by atomic mass is 10.1. The first-order valence-electron chi connectivity index (χ1n) is 8.72. The first-order valence-corrected chi connectivity index (χ1v) is 8.72. The summed E-state index contributed by atoms with van der Waals surface area (Å²) in [4.78, 5) is 22.6. The van der Waals surface area contributed by atoms with Gasteiger partial charge in [0, 0.05) is 19.2 Å². The molecule has 0 spiro atoms. The van der Waals surface area contributed by atoms with Crippen LogP contribution >= 0.6 is 0 Å². The molecule has 0 saturated heterocycles. The van der Waals surface area contributed by atoms with Crippen molar-refractivity contribution < 1.29 is 19.4 Å². The van der Waals surface area contributed by atoms with Crippen molar-refractivity contribution in [2.45, 2.75) is 39.0 Å². The van der Waals surface area contributed by atoms with E-state index in [4.69, 9.17) is 9.84 Å². The predicted octanol–water partition coefficient (Wildman–Crippen LogP) is 2.95. The topological polar surface area (TPSA) is 93.5 Å². The minimum Gasteiger partial charge on any atom is -0.494 e. The number of aromatic nitrogens is 2. The zero-order valence-electron chi connectivity index (χ0n) is 15.2. The molecule has 26 heavy (non-hydrogen) atoms. The monoisotopic (exact) mass is 359 g/mol. The molecule has 0 atom stereocenters. The van der Waals surface area contributed by atoms with Crippen LogP contribution in [0.5, 0.6) is 5.75 Å². The largest absolute Gasteiger partial charge is 0.494 e. The van der Waals surface area contributed by atoms with Crippen molar-refractivity contribution in [2.75, 3.05) is 13.7 Å². The van der Waals surface area contributed by atoms with Gasteiger partial charge in [-0.2, -0.15) is 5.10 Å². The fraction of sp³-hybridized carbons (Fsp3) is 0.421. The van der Waals surface area contributed by atoms with Gasteiger partial charge in [-0.3, -0.25) is 9.59 Å². The predicted molar refractivity (Wildman–Crippen MR) is 97.9 cm³/mol. The molecule has 0 aliphatic heterocycles. The summed E-state index contributed by atoms with van der Waals surface area (Å²) in [6, 6.07) is 7.45. The van der Waals surface area contributed by atoms with Crippen LogP contribution in [0.4, 0.5) is 0 Å². The fourth-order valence-electron chi connectivity index (χ4n) is 2.61. The Morgan fingerprint density at radius 2 is 1.96 bits per heavy atom. The maximum Gasteiger partial charge on any atom is 0.303 e. The van der Waals surface area contributed by atoms with Crippen molar-refractivity contribution in [3.05, 3.63) is 41.7 Å². The van der Waals surface area contributed by atoms with Crippen LogP contribution in [0.2, 0.25) is 0 Å². The van der Waals surface area contributed by atoms with E-state index < -0.39 is 5.97 Å². The Labute approximate surface area is 153 Å². The summed E-state index contributed by atoms with van der Waals surface area (Å²) in [5.74, 6) is -0.299. The van der Waals surface area contributed by atoms with Crippen LogP contribution in [-0.4, -0.2) is 40.4 Å². The number of hydrogen-bond acceptors (Lipinski definition) is 4. The zero-order chi connectivity index (χ0) is 18.9. The summed E-state index contributed by atoms with van der Waals surface area (Å²) < 4.78 is 6.98. The van der Waals surface area contributed by atoms with Gasteiger partial charge in [-0.05, 0) is 43.5 Å². The van der Waals surface area contributed by atoms with Crippen molar-refractivity contribution in [1.82, 2.24) is 15.1 Å². The lowest BCUT2D eigenvalue weighted by Crippen LogP contribution is -2.25. The number of hydrogen-bond donors (Lipinski definition) is 2. The van der Waals surface area contributed by atoms with E-state index in [1.165, 1.54) is 0 Å². The van der Waals surface area contributed by atoms with Crippen LogP contribution in [0.3, 0.4) is 0 Å². The number of aliphatic carboxylic acids is 1. The lowest BCUT2D eigenvalue weighted by Gasteiger charge is -2.09. The van der Waals surface area contributed by atoms with Gasteiger partial charge in [-0.25, -0.2) is 4.68 Å². The highest BCUT2D eigenvalue weighted by Gasteiger charge is 2.12. The number of ether oxygens (including phenoxy) is 1. The van der Waals surface area contributed by atoms with E-state index in [-0.39, 0.29) is 12.3 Å². The van der Waals surface area contributed by atoms with E-state index in [1.54, 1.807) is 24.1 Å². The molecule has 0 aliphatic carbocycles. The van der Waals surface area contributed by atoms with Crippen molar-refractivity contribution in [3.63, 3.8) is 0 Å². The number of rotatable bonds is 10. The first-order chi connectivity index (χ1) is 12.5. The van der Waals surface area contributed by atoms with Crippen LogP contribution in [-0.2, 0) is 4.79 Å². The lowest BCUT2D eigenvalue weighted by molar-refractivity contribution is -0.137. The first kappa shape index (κ1) is 19.5. The van der Waals surface area contributed by atoms with E-state index in [0.29, 0.717) is 24.4 Å². The van der Waals surface area contributed by atoms with Gasteiger partial charge in [0.1, 0.15) is 11.4 Å². The number of carbonyl (C=O) groups is 2. The number of carboxylic acid groups (broad SMARTS) is 1. The molecule has 2 N–H and O–H groups in total. The third-order valence-corrected chi connectivity index (χ3v) is 4.01. The van der Waals surface area contributed by atoms with Gasteiger partial charge in [-0.1, -0.05) is 18.9 Å². The Kier molecular flexibility index (Phi) is 7.20. The Morgan fingerprint density at radius 3 is 2.69 bits per heavy atom. The van der Waals surface area contributed by atoms with Crippen molar-refractivity contribution in [3.8, 4) is 11.4 Å². The summed E-state index contributed by atoms with van der Waals surface area (Å²) in [6.07, 6.45) is 5.17. The highest BCUT2D eigenvalue weighted by Crippen LogP contribution is 2.23. The molecular formula is C19H25N3O4. The Bertz CT molecular complexity index is 755. The molecule has 2 aromatic rings. The van der Waals surface area contributed by atoms with Gasteiger partial charge in [-0.15, -0.1) is 0 Å². The maximum atomic E-state index is 12.2. The number of methoxy groups -OCH3 is 1. The summed E-state index contributed by atoms with van der Waals surface area (Å²) in [5.41, 5.74) is 2.20. The van der Waals surface area contributed by atoms with Crippen LogP contribution in [0, 0.1) is 6.92 Å². The molecule has 7 nitrogen and oxygen atoms in total. The number of unbranched alkanes of at least 4 members (excludes halogenated alkanes) is 3. The van der Waals surface area contributed by atoms with Crippen molar-refractivity contribution in [1.29, 1.82) is 0 Å². The summed E-state index contributed by atoms with van der Waals surface area (Å²) in [7, 11) is 1.60. The van der Waals surface area contributed by atoms with Gasteiger partial charge in [0.15, 0.2) is 5.69 Å². The van der Waals surface area contributed by atoms with E-state index >= 15 is 0 Å². The molecule has 0 bridgehead atoms. The maximum absolute atomic E-state index is 12.2. The molecule has 0 fully saturated rings. The molecule has 0 unspecified atom stereocenters.